The molecule has 0 aromatic heterocycles. The van der Waals surface area contributed by atoms with Crippen LogP contribution in [0.25, 0.3) is 0 Å². The van der Waals surface area contributed by atoms with Crippen molar-refractivity contribution in [1.29, 1.82) is 0 Å². The molecule has 0 heterocycles. The monoisotopic (exact) mass is 536 g/mol. The second-order valence-electron chi connectivity index (χ2n) is 4.96. The number of hydrogen-bond acceptors (Lipinski definition) is 1. The second-order valence-corrected chi connectivity index (χ2v) is 5.98. The van der Waals surface area contributed by atoms with Gasteiger partial charge >= 0.3 is 55.7 Å². The van der Waals surface area contributed by atoms with Crippen LogP contribution in [-0.4, -0.2) is 62.6 Å². The molecule has 0 aromatic carbocycles. The van der Waals surface area contributed by atoms with Crippen LogP contribution in [0, 0.1) is 0 Å². The van der Waals surface area contributed by atoms with Crippen molar-refractivity contribution in [3.63, 3.8) is 0 Å². The van der Waals surface area contributed by atoms with Gasteiger partial charge < -0.3 is 14.7 Å². The van der Waals surface area contributed by atoms with Crippen LogP contribution in [0.2, 0.25) is 0 Å². The summed E-state index contributed by atoms with van der Waals surface area (Å²) in [6.45, 7) is 0. The molecule has 0 bridgehead atoms. The van der Waals surface area contributed by atoms with Crippen LogP contribution in [0.4, 0.5) is 79.0 Å². The van der Waals surface area contributed by atoms with Gasteiger partial charge in [-0.2, -0.15) is 79.0 Å². The minimum Gasteiger partial charge on any atom is -0.303 e. The summed E-state index contributed by atoms with van der Waals surface area (Å²) in [7, 11) is -4.64. The standard InChI is InChI=1S/C8F18.H3O4P/c9-1(10,3(13,14)5(17,18)7(21,22)23)2(11,12)4(15,16)6(19,20)8(24,25)26;1-5(2,3)4/h;(H3,1,2,3,4). The Morgan fingerprint density at radius 1 is 0.355 bits per heavy atom. The van der Waals surface area contributed by atoms with Crippen LogP contribution in [-0.2, 0) is 4.57 Å². The van der Waals surface area contributed by atoms with E-state index in [9.17, 15) is 79.0 Å². The Labute approximate surface area is 155 Å². The summed E-state index contributed by atoms with van der Waals surface area (Å²) in [5, 5.41) is 0. The molecule has 31 heavy (non-hydrogen) atoms. The highest BCUT2D eigenvalue weighted by Crippen LogP contribution is 2.63. The third-order valence-electron chi connectivity index (χ3n) is 2.68. The van der Waals surface area contributed by atoms with E-state index in [2.05, 4.69) is 0 Å². The summed E-state index contributed by atoms with van der Waals surface area (Å²) >= 11 is 0. The quantitative estimate of drug-likeness (QED) is 0.342. The maximum atomic E-state index is 12.8. The molecule has 0 aromatic rings. The second kappa shape index (κ2) is 8.01. The molecule has 0 atom stereocenters. The molecule has 0 unspecified atom stereocenters. The first-order chi connectivity index (χ1) is 12.8. The molecule has 0 rings (SSSR count). The predicted molar refractivity (Wildman–Crippen MR) is 56.1 cm³/mol. The topological polar surface area (TPSA) is 77.8 Å². The zero-order chi connectivity index (χ0) is 26.5. The fraction of sp³-hybridized carbons (Fsp3) is 1.00. The van der Waals surface area contributed by atoms with Gasteiger partial charge in [-0.15, -0.1) is 0 Å². The first-order valence-corrected chi connectivity index (χ1v) is 7.50. The third-order valence-corrected chi connectivity index (χ3v) is 2.68. The van der Waals surface area contributed by atoms with Gasteiger partial charge in [0, 0.05) is 0 Å². The highest BCUT2D eigenvalue weighted by atomic mass is 31.2. The third kappa shape index (κ3) is 5.44. The molecule has 0 fully saturated rings. The van der Waals surface area contributed by atoms with Gasteiger partial charge in [0.1, 0.15) is 0 Å². The van der Waals surface area contributed by atoms with Crippen molar-refractivity contribution in [2.45, 2.75) is 47.9 Å². The van der Waals surface area contributed by atoms with Crippen LogP contribution < -0.4 is 0 Å². The van der Waals surface area contributed by atoms with Crippen LogP contribution in [0.15, 0.2) is 0 Å². The molecule has 4 nitrogen and oxygen atoms in total. The van der Waals surface area contributed by atoms with Gasteiger partial charge in [-0.3, -0.25) is 0 Å². The summed E-state index contributed by atoms with van der Waals surface area (Å²) < 4.78 is 230. The maximum Gasteiger partial charge on any atom is 0.466 e. The van der Waals surface area contributed by atoms with E-state index in [1.54, 1.807) is 0 Å². The van der Waals surface area contributed by atoms with Crippen molar-refractivity contribution in [3.8, 4) is 0 Å². The summed E-state index contributed by atoms with van der Waals surface area (Å²) in [5.41, 5.74) is 0. The Hall–Kier alpha value is -1.15. The lowest BCUT2D eigenvalue weighted by molar-refractivity contribution is -0.468. The predicted octanol–water partition coefficient (Wildman–Crippen LogP) is 4.99. The fourth-order valence-electron chi connectivity index (χ4n) is 1.14. The molecule has 0 aliphatic rings. The molecular formula is C8H3F18O4P. The molecular weight excluding hydrogens is 533 g/mol. The SMILES string of the molecule is FC(F)(F)C(F)(F)C(F)(F)C(F)(F)C(F)(F)C(F)(F)C(F)(F)C(F)(F)F.O=P(O)(O)O. The molecule has 0 saturated carbocycles. The average Bonchev–Trinajstić information content (AvgIpc) is 2.41. The fourth-order valence-corrected chi connectivity index (χ4v) is 1.14. The Morgan fingerprint density at radius 3 is 0.548 bits per heavy atom. The molecule has 0 saturated heterocycles. The van der Waals surface area contributed by atoms with Crippen molar-refractivity contribution in [2.75, 3.05) is 0 Å². The average molecular weight is 536 g/mol. The Bertz CT molecular complexity index is 615. The van der Waals surface area contributed by atoms with E-state index in [0.29, 0.717) is 0 Å². The maximum absolute atomic E-state index is 12.8. The van der Waals surface area contributed by atoms with E-state index >= 15 is 0 Å². The summed E-state index contributed by atoms with van der Waals surface area (Å²) in [6.07, 6.45) is -15.6. The Morgan fingerprint density at radius 2 is 0.452 bits per heavy atom. The smallest absolute Gasteiger partial charge is 0.303 e. The molecule has 0 spiro atoms. The minimum atomic E-state index is -8.72. The molecule has 190 valence electrons. The van der Waals surface area contributed by atoms with Crippen molar-refractivity contribution >= 4 is 7.82 Å². The summed E-state index contributed by atoms with van der Waals surface area (Å²) in [5.74, 6) is -51.0. The number of phosphoric acid groups is 1. The lowest BCUT2D eigenvalue weighted by Gasteiger charge is -2.41. The van der Waals surface area contributed by atoms with Gasteiger partial charge in [-0.25, -0.2) is 4.57 Å². The van der Waals surface area contributed by atoms with Crippen LogP contribution in [0.3, 0.4) is 0 Å². The first kappa shape index (κ1) is 32.0. The van der Waals surface area contributed by atoms with E-state index < -0.39 is 55.7 Å². The van der Waals surface area contributed by atoms with E-state index in [1.165, 1.54) is 0 Å². The summed E-state index contributed by atoms with van der Waals surface area (Å²) in [6, 6.07) is 0. The van der Waals surface area contributed by atoms with E-state index in [1.807, 2.05) is 0 Å². The molecule has 0 radical (unpaired) electrons. The van der Waals surface area contributed by atoms with E-state index in [4.69, 9.17) is 19.2 Å². The van der Waals surface area contributed by atoms with Gasteiger partial charge in [-0.05, 0) is 0 Å². The minimum absolute atomic E-state index is 4.64. The van der Waals surface area contributed by atoms with Crippen LogP contribution in [0.1, 0.15) is 0 Å². The summed E-state index contributed by atoms with van der Waals surface area (Å²) in [4.78, 5) is 21.6. The van der Waals surface area contributed by atoms with Gasteiger partial charge in [0.25, 0.3) is 0 Å². The zero-order valence-electron chi connectivity index (χ0n) is 13.0. The van der Waals surface area contributed by atoms with Crippen molar-refractivity contribution in [1.82, 2.24) is 0 Å². The van der Waals surface area contributed by atoms with Crippen LogP contribution in [0.5, 0.6) is 0 Å². The molecule has 3 N–H and O–H groups in total. The number of rotatable bonds is 5. The Kier molecular flexibility index (Phi) is 8.28. The highest BCUT2D eigenvalue weighted by molar-refractivity contribution is 7.45. The lowest BCUT2D eigenvalue weighted by Crippen LogP contribution is -2.74. The van der Waals surface area contributed by atoms with Crippen LogP contribution >= 0.6 is 7.82 Å². The Balaban J connectivity index is 0. The molecule has 0 aliphatic carbocycles. The molecule has 23 heteroatoms. The largest absolute Gasteiger partial charge is 0.466 e. The zero-order valence-corrected chi connectivity index (χ0v) is 13.9. The van der Waals surface area contributed by atoms with Gasteiger partial charge in [0.15, 0.2) is 0 Å². The first-order valence-electron chi connectivity index (χ1n) is 5.93. The van der Waals surface area contributed by atoms with Gasteiger partial charge in [0.2, 0.25) is 0 Å². The number of halogens is 18. The molecule has 0 amide bonds. The number of alkyl halides is 18. The highest BCUT2D eigenvalue weighted by Gasteiger charge is 2.95. The lowest BCUT2D eigenvalue weighted by atomic mass is 9.91. The van der Waals surface area contributed by atoms with E-state index in [-0.39, 0.29) is 0 Å². The normalized spacial score (nSPS) is 16.0. The molecule has 0 aliphatic heterocycles. The van der Waals surface area contributed by atoms with Crippen molar-refractivity contribution < 1.29 is 98.3 Å². The van der Waals surface area contributed by atoms with Gasteiger partial charge in [0.05, 0.1) is 0 Å². The van der Waals surface area contributed by atoms with Crippen molar-refractivity contribution in [2.24, 2.45) is 0 Å². The number of hydrogen-bond donors (Lipinski definition) is 3. The van der Waals surface area contributed by atoms with Crippen molar-refractivity contribution in [3.05, 3.63) is 0 Å². The van der Waals surface area contributed by atoms with Gasteiger partial charge in [-0.1, -0.05) is 0 Å². The van der Waals surface area contributed by atoms with E-state index in [0.717, 1.165) is 0 Å².